The molecule has 0 atom stereocenters. The van der Waals surface area contributed by atoms with Crippen LogP contribution < -0.4 is 0 Å². The van der Waals surface area contributed by atoms with Crippen LogP contribution in [0.2, 0.25) is 5.02 Å². The lowest BCUT2D eigenvalue weighted by atomic mass is 10.1. The molecule has 0 aliphatic carbocycles. The highest BCUT2D eigenvalue weighted by Crippen LogP contribution is 2.21. The van der Waals surface area contributed by atoms with Crippen LogP contribution in [-0.2, 0) is 0 Å². The Balaban J connectivity index is 1.91. The third-order valence-electron chi connectivity index (χ3n) is 3.08. The number of hydrogen-bond acceptors (Lipinski definition) is 1. The van der Waals surface area contributed by atoms with E-state index in [9.17, 15) is 0 Å². The topological polar surface area (TPSA) is 0 Å². The molecule has 0 bridgehead atoms. The summed E-state index contributed by atoms with van der Waals surface area (Å²) in [6.45, 7) is 2.27. The number of unbranched alkanes of at least 4 members (excludes halogenated alkanes) is 7. The van der Waals surface area contributed by atoms with Gasteiger partial charge in [0.1, 0.15) is 0 Å². The average Bonchev–Trinajstić information content (AvgIpc) is 2.39. The van der Waals surface area contributed by atoms with E-state index >= 15 is 0 Å². The molecule has 0 spiro atoms. The van der Waals surface area contributed by atoms with E-state index in [0.717, 1.165) is 5.02 Å². The molecule has 0 saturated heterocycles. The van der Waals surface area contributed by atoms with E-state index in [1.165, 1.54) is 62.0 Å². The van der Waals surface area contributed by atoms with Gasteiger partial charge in [-0.25, -0.2) is 0 Å². The maximum Gasteiger partial charge on any atom is 0.0406 e. The first-order valence-corrected chi connectivity index (χ1v) is 8.57. The van der Waals surface area contributed by atoms with Crippen molar-refractivity contribution in [1.29, 1.82) is 0 Å². The van der Waals surface area contributed by atoms with Gasteiger partial charge in [0, 0.05) is 9.92 Å². The number of thioether (sulfide) groups is 1. The molecule has 102 valence electrons. The summed E-state index contributed by atoms with van der Waals surface area (Å²) in [5, 5.41) is 0.825. The Morgan fingerprint density at radius 1 is 0.833 bits per heavy atom. The van der Waals surface area contributed by atoms with Gasteiger partial charge < -0.3 is 0 Å². The molecule has 0 radical (unpaired) electrons. The summed E-state index contributed by atoms with van der Waals surface area (Å²) in [7, 11) is 0. The van der Waals surface area contributed by atoms with Crippen molar-refractivity contribution in [3.63, 3.8) is 0 Å². The standard InChI is InChI=1S/C16H25ClS/c1-2-3-4-5-6-7-8-9-14-18-16-12-10-15(17)11-13-16/h10-13H,2-9,14H2,1H3. The van der Waals surface area contributed by atoms with Gasteiger partial charge >= 0.3 is 0 Å². The van der Waals surface area contributed by atoms with Crippen molar-refractivity contribution in [2.24, 2.45) is 0 Å². The summed E-state index contributed by atoms with van der Waals surface area (Å²) in [5.74, 6) is 1.23. The van der Waals surface area contributed by atoms with Crippen LogP contribution in [0.1, 0.15) is 58.3 Å². The first kappa shape index (κ1) is 15.9. The predicted octanol–water partition coefficient (Wildman–Crippen LogP) is 6.57. The minimum Gasteiger partial charge on any atom is -0.126 e. The maximum absolute atomic E-state index is 5.86. The zero-order chi connectivity index (χ0) is 13.1. The fourth-order valence-electron chi connectivity index (χ4n) is 1.96. The molecule has 0 nitrogen and oxygen atoms in total. The van der Waals surface area contributed by atoms with E-state index < -0.39 is 0 Å². The highest BCUT2D eigenvalue weighted by Gasteiger charge is 1.95. The van der Waals surface area contributed by atoms with E-state index in [2.05, 4.69) is 19.1 Å². The third kappa shape index (κ3) is 8.05. The van der Waals surface area contributed by atoms with E-state index in [0.29, 0.717) is 0 Å². The molecule has 0 aliphatic rings. The van der Waals surface area contributed by atoms with Crippen LogP contribution in [0, 0.1) is 0 Å². The molecule has 1 rings (SSSR count). The molecular weight excluding hydrogens is 260 g/mol. The van der Waals surface area contributed by atoms with Crippen LogP contribution in [0.3, 0.4) is 0 Å². The van der Waals surface area contributed by atoms with E-state index in [1.54, 1.807) is 0 Å². The second kappa shape index (κ2) is 10.8. The van der Waals surface area contributed by atoms with Gasteiger partial charge in [0.25, 0.3) is 0 Å². The first-order valence-electron chi connectivity index (χ1n) is 7.21. The largest absolute Gasteiger partial charge is 0.126 e. The number of rotatable bonds is 10. The highest BCUT2D eigenvalue weighted by molar-refractivity contribution is 7.99. The van der Waals surface area contributed by atoms with E-state index in [1.807, 2.05) is 23.9 Å². The molecule has 18 heavy (non-hydrogen) atoms. The molecule has 0 aliphatic heterocycles. The van der Waals surface area contributed by atoms with Gasteiger partial charge in [-0.05, 0) is 36.4 Å². The molecule has 0 saturated carbocycles. The van der Waals surface area contributed by atoms with Gasteiger partial charge in [-0.1, -0.05) is 63.5 Å². The monoisotopic (exact) mass is 284 g/mol. The minimum atomic E-state index is 0.825. The van der Waals surface area contributed by atoms with E-state index in [-0.39, 0.29) is 0 Å². The molecule has 0 N–H and O–H groups in total. The lowest BCUT2D eigenvalue weighted by Crippen LogP contribution is -1.83. The van der Waals surface area contributed by atoms with Crippen molar-refractivity contribution in [3.05, 3.63) is 29.3 Å². The van der Waals surface area contributed by atoms with Gasteiger partial charge in [-0.2, -0.15) is 0 Å². The fraction of sp³-hybridized carbons (Fsp3) is 0.625. The molecule has 0 fully saturated rings. The van der Waals surface area contributed by atoms with Crippen molar-refractivity contribution in [2.45, 2.75) is 63.2 Å². The second-order valence-electron chi connectivity index (χ2n) is 4.78. The van der Waals surface area contributed by atoms with Crippen molar-refractivity contribution in [3.8, 4) is 0 Å². The normalized spacial score (nSPS) is 10.8. The van der Waals surface area contributed by atoms with Gasteiger partial charge in [0.15, 0.2) is 0 Å². The number of halogens is 1. The van der Waals surface area contributed by atoms with Gasteiger partial charge in [-0.15, -0.1) is 11.8 Å². The lowest BCUT2D eigenvalue weighted by molar-refractivity contribution is 0.586. The van der Waals surface area contributed by atoms with Crippen molar-refractivity contribution in [2.75, 3.05) is 5.75 Å². The zero-order valence-electron chi connectivity index (χ0n) is 11.5. The summed E-state index contributed by atoms with van der Waals surface area (Å²) >= 11 is 7.80. The molecule has 0 unspecified atom stereocenters. The van der Waals surface area contributed by atoms with Gasteiger partial charge in [0.05, 0.1) is 0 Å². The van der Waals surface area contributed by atoms with E-state index in [4.69, 9.17) is 11.6 Å². The molecule has 1 aromatic carbocycles. The number of benzene rings is 1. The summed E-state index contributed by atoms with van der Waals surface area (Å²) < 4.78 is 0. The Labute approximate surface area is 122 Å². The van der Waals surface area contributed by atoms with Crippen LogP contribution in [0.25, 0.3) is 0 Å². The molecule has 0 amide bonds. The average molecular weight is 285 g/mol. The smallest absolute Gasteiger partial charge is 0.0406 e. The van der Waals surface area contributed by atoms with Crippen LogP contribution in [0.15, 0.2) is 29.2 Å². The fourth-order valence-corrected chi connectivity index (χ4v) is 3.00. The van der Waals surface area contributed by atoms with Crippen LogP contribution in [0.5, 0.6) is 0 Å². The minimum absolute atomic E-state index is 0.825. The first-order chi connectivity index (χ1) is 8.83. The van der Waals surface area contributed by atoms with Gasteiger partial charge in [-0.3, -0.25) is 0 Å². The van der Waals surface area contributed by atoms with Crippen molar-refractivity contribution >= 4 is 23.4 Å². The summed E-state index contributed by atoms with van der Waals surface area (Å²) in [5.41, 5.74) is 0. The Kier molecular flexibility index (Phi) is 9.51. The quantitative estimate of drug-likeness (QED) is 0.346. The Morgan fingerprint density at radius 2 is 1.39 bits per heavy atom. The molecule has 2 heteroatoms. The van der Waals surface area contributed by atoms with Crippen LogP contribution in [-0.4, -0.2) is 5.75 Å². The zero-order valence-corrected chi connectivity index (χ0v) is 13.0. The summed E-state index contributed by atoms with van der Waals surface area (Å²) in [6.07, 6.45) is 11.2. The SMILES string of the molecule is CCCCCCCCCCSc1ccc(Cl)cc1. The third-order valence-corrected chi connectivity index (χ3v) is 4.43. The Morgan fingerprint density at radius 3 is 2.00 bits per heavy atom. The Bertz CT molecular complexity index is 294. The molecular formula is C16H25ClS. The van der Waals surface area contributed by atoms with Crippen LogP contribution in [0.4, 0.5) is 0 Å². The predicted molar refractivity (Wildman–Crippen MR) is 84.8 cm³/mol. The number of hydrogen-bond donors (Lipinski definition) is 0. The maximum atomic E-state index is 5.86. The second-order valence-corrected chi connectivity index (χ2v) is 6.38. The molecule has 1 aromatic rings. The summed E-state index contributed by atoms with van der Waals surface area (Å²) in [6, 6.07) is 8.16. The van der Waals surface area contributed by atoms with Crippen molar-refractivity contribution < 1.29 is 0 Å². The van der Waals surface area contributed by atoms with Gasteiger partial charge in [0.2, 0.25) is 0 Å². The Hall–Kier alpha value is -0.140. The molecule has 0 heterocycles. The molecule has 0 aromatic heterocycles. The highest BCUT2D eigenvalue weighted by atomic mass is 35.5. The van der Waals surface area contributed by atoms with Crippen molar-refractivity contribution in [1.82, 2.24) is 0 Å². The van der Waals surface area contributed by atoms with Crippen LogP contribution >= 0.6 is 23.4 Å². The lowest BCUT2D eigenvalue weighted by Gasteiger charge is -2.03. The summed E-state index contributed by atoms with van der Waals surface area (Å²) in [4.78, 5) is 1.34.